The van der Waals surface area contributed by atoms with Gasteiger partial charge in [-0.1, -0.05) is 30.3 Å². The van der Waals surface area contributed by atoms with E-state index in [4.69, 9.17) is 0 Å². The average Bonchev–Trinajstić information content (AvgIpc) is 3.16. The van der Waals surface area contributed by atoms with Crippen molar-refractivity contribution in [2.24, 2.45) is 0 Å². The highest BCUT2D eigenvalue weighted by molar-refractivity contribution is 7.19. The van der Waals surface area contributed by atoms with Crippen LogP contribution in [0, 0.1) is 0 Å². The van der Waals surface area contributed by atoms with Crippen LogP contribution in [-0.4, -0.2) is 19.6 Å². The highest BCUT2D eigenvalue weighted by Gasteiger charge is 2.21. The summed E-state index contributed by atoms with van der Waals surface area (Å²) < 4.78 is 2.03. The summed E-state index contributed by atoms with van der Waals surface area (Å²) in [5.41, 5.74) is 3.47. The predicted molar refractivity (Wildman–Crippen MR) is 88.2 cm³/mol. The maximum absolute atomic E-state index is 4.67. The van der Waals surface area contributed by atoms with Crippen molar-refractivity contribution in [3.05, 3.63) is 47.1 Å². The summed E-state index contributed by atoms with van der Waals surface area (Å²) in [6.45, 7) is 0. The Kier molecular flexibility index (Phi) is 2.58. The lowest BCUT2D eigenvalue weighted by Gasteiger charge is -2.10. The lowest BCUT2D eigenvalue weighted by molar-refractivity contribution is 0.700. The first-order chi connectivity index (χ1) is 10.9. The van der Waals surface area contributed by atoms with E-state index < -0.39 is 0 Å². The van der Waals surface area contributed by atoms with Gasteiger partial charge in [0.25, 0.3) is 0 Å². The van der Waals surface area contributed by atoms with Crippen molar-refractivity contribution in [1.82, 2.24) is 19.6 Å². The van der Waals surface area contributed by atoms with Crippen molar-refractivity contribution in [2.75, 3.05) is 0 Å². The fraction of sp³-hybridized carbons (Fsp3) is 0.235. The van der Waals surface area contributed by atoms with Gasteiger partial charge in [-0.15, -0.1) is 21.5 Å². The second-order valence-corrected chi connectivity index (χ2v) is 6.80. The van der Waals surface area contributed by atoms with E-state index in [-0.39, 0.29) is 0 Å². The fourth-order valence-electron chi connectivity index (χ4n) is 3.34. The van der Waals surface area contributed by atoms with Gasteiger partial charge in [0.2, 0.25) is 0 Å². The zero-order valence-electron chi connectivity index (χ0n) is 12.0. The second-order valence-electron chi connectivity index (χ2n) is 5.72. The van der Waals surface area contributed by atoms with E-state index in [1.54, 1.807) is 0 Å². The van der Waals surface area contributed by atoms with E-state index in [1.807, 2.05) is 40.3 Å². The molecule has 4 nitrogen and oxygen atoms in total. The molecule has 5 rings (SSSR count). The average molecular weight is 306 g/mol. The lowest BCUT2D eigenvalue weighted by atomic mass is 9.97. The summed E-state index contributed by atoms with van der Waals surface area (Å²) >= 11 is 1.83. The topological polar surface area (TPSA) is 43.1 Å². The third-order valence-corrected chi connectivity index (χ3v) is 5.59. The Balaban J connectivity index is 1.84. The third kappa shape index (κ3) is 1.66. The van der Waals surface area contributed by atoms with Gasteiger partial charge in [0.1, 0.15) is 11.2 Å². The number of nitrogens with zero attached hydrogens (tertiary/aromatic N) is 4. The molecule has 0 amide bonds. The van der Waals surface area contributed by atoms with E-state index in [9.17, 15) is 0 Å². The van der Waals surface area contributed by atoms with Gasteiger partial charge in [-0.25, -0.2) is 4.98 Å². The maximum Gasteiger partial charge on any atom is 0.172 e. The van der Waals surface area contributed by atoms with Gasteiger partial charge in [0, 0.05) is 10.4 Å². The standard InChI is InChI=1S/C17H14N4S/c1-2-6-11(7-3-1)15-19-20-16-14-12-8-4-5-9-13(12)22-17(14)18-10-21(15)16/h1-3,6-7,10H,4-5,8-9H2. The number of fused-ring (bicyclic) bond motifs is 5. The van der Waals surface area contributed by atoms with Crippen LogP contribution in [-0.2, 0) is 12.8 Å². The molecule has 108 valence electrons. The summed E-state index contributed by atoms with van der Waals surface area (Å²) in [5.74, 6) is 0.862. The predicted octanol–water partition coefficient (Wildman–Crippen LogP) is 3.88. The van der Waals surface area contributed by atoms with Crippen LogP contribution in [0.25, 0.3) is 27.3 Å². The number of thiophene rings is 1. The number of benzene rings is 1. The molecule has 5 heteroatoms. The van der Waals surface area contributed by atoms with Gasteiger partial charge in [-0.2, -0.15) is 0 Å². The summed E-state index contributed by atoms with van der Waals surface area (Å²) in [7, 11) is 0. The summed E-state index contributed by atoms with van der Waals surface area (Å²) in [6, 6.07) is 10.2. The van der Waals surface area contributed by atoms with Crippen LogP contribution in [0.3, 0.4) is 0 Å². The highest BCUT2D eigenvalue weighted by Crippen LogP contribution is 2.37. The minimum Gasteiger partial charge on any atom is -0.265 e. The second kappa shape index (κ2) is 4.61. The van der Waals surface area contributed by atoms with Crippen molar-refractivity contribution in [2.45, 2.75) is 25.7 Å². The molecule has 0 unspecified atom stereocenters. The van der Waals surface area contributed by atoms with E-state index >= 15 is 0 Å². The minimum atomic E-state index is 0.862. The van der Waals surface area contributed by atoms with Crippen molar-refractivity contribution >= 4 is 27.2 Å². The van der Waals surface area contributed by atoms with Gasteiger partial charge in [-0.3, -0.25) is 4.40 Å². The van der Waals surface area contributed by atoms with Crippen molar-refractivity contribution < 1.29 is 0 Å². The smallest absolute Gasteiger partial charge is 0.172 e. The van der Waals surface area contributed by atoms with Gasteiger partial charge in [0.15, 0.2) is 11.5 Å². The Morgan fingerprint density at radius 2 is 1.86 bits per heavy atom. The molecule has 22 heavy (non-hydrogen) atoms. The molecule has 0 radical (unpaired) electrons. The number of rotatable bonds is 1. The Labute approximate surface area is 131 Å². The van der Waals surface area contributed by atoms with Crippen molar-refractivity contribution in [1.29, 1.82) is 0 Å². The van der Waals surface area contributed by atoms with Crippen molar-refractivity contribution in [3.8, 4) is 11.4 Å². The number of aryl methyl sites for hydroxylation is 2. The zero-order valence-corrected chi connectivity index (χ0v) is 12.8. The molecular formula is C17H14N4S. The van der Waals surface area contributed by atoms with Gasteiger partial charge < -0.3 is 0 Å². The lowest BCUT2D eigenvalue weighted by Crippen LogP contribution is -1.99. The first-order valence-electron chi connectivity index (χ1n) is 7.61. The van der Waals surface area contributed by atoms with Crippen LogP contribution in [0.5, 0.6) is 0 Å². The van der Waals surface area contributed by atoms with Crippen LogP contribution in [0.4, 0.5) is 0 Å². The Morgan fingerprint density at radius 1 is 1.00 bits per heavy atom. The molecule has 1 aromatic carbocycles. The monoisotopic (exact) mass is 306 g/mol. The van der Waals surface area contributed by atoms with Crippen LogP contribution >= 0.6 is 11.3 Å². The first-order valence-corrected chi connectivity index (χ1v) is 8.43. The zero-order chi connectivity index (χ0) is 14.5. The van der Waals surface area contributed by atoms with E-state index in [2.05, 4.69) is 27.3 Å². The maximum atomic E-state index is 4.67. The summed E-state index contributed by atoms with van der Waals surface area (Å²) in [5, 5.41) is 10.1. The number of hydrogen-bond acceptors (Lipinski definition) is 4. The molecule has 3 heterocycles. The Morgan fingerprint density at radius 3 is 2.77 bits per heavy atom. The molecular weight excluding hydrogens is 292 g/mol. The minimum absolute atomic E-state index is 0.862. The molecule has 0 aliphatic heterocycles. The van der Waals surface area contributed by atoms with E-state index in [0.717, 1.165) is 28.3 Å². The summed E-state index contributed by atoms with van der Waals surface area (Å²) in [4.78, 5) is 7.27. The van der Waals surface area contributed by atoms with Crippen molar-refractivity contribution in [3.63, 3.8) is 0 Å². The normalized spacial score (nSPS) is 14.5. The van der Waals surface area contributed by atoms with Crippen LogP contribution < -0.4 is 0 Å². The molecule has 1 aliphatic carbocycles. The molecule has 0 fully saturated rings. The molecule has 0 N–H and O–H groups in total. The highest BCUT2D eigenvalue weighted by atomic mass is 32.1. The van der Waals surface area contributed by atoms with Gasteiger partial charge in [0.05, 0.1) is 5.39 Å². The molecule has 3 aromatic heterocycles. The first kappa shape index (κ1) is 12.3. The number of aromatic nitrogens is 4. The number of hydrogen-bond donors (Lipinski definition) is 0. The van der Waals surface area contributed by atoms with Crippen LogP contribution in [0.1, 0.15) is 23.3 Å². The SMILES string of the molecule is c1ccc(-c2nnc3c4c5c(sc4ncn23)CCCC5)cc1. The van der Waals surface area contributed by atoms with Crippen LogP contribution in [0.2, 0.25) is 0 Å². The van der Waals surface area contributed by atoms with Gasteiger partial charge >= 0.3 is 0 Å². The molecule has 0 atom stereocenters. The molecule has 0 spiro atoms. The van der Waals surface area contributed by atoms with E-state index in [0.29, 0.717) is 0 Å². The molecule has 1 aliphatic rings. The Bertz CT molecular complexity index is 984. The third-order valence-electron chi connectivity index (χ3n) is 4.39. The molecule has 4 aromatic rings. The molecule has 0 saturated carbocycles. The fourth-order valence-corrected chi connectivity index (χ4v) is 4.56. The van der Waals surface area contributed by atoms with E-state index in [1.165, 1.54) is 35.1 Å². The van der Waals surface area contributed by atoms with Crippen LogP contribution in [0.15, 0.2) is 36.7 Å². The Hall–Kier alpha value is -2.27. The molecule has 0 bridgehead atoms. The summed E-state index contributed by atoms with van der Waals surface area (Å²) in [6.07, 6.45) is 6.74. The van der Waals surface area contributed by atoms with Gasteiger partial charge in [-0.05, 0) is 31.2 Å². The largest absolute Gasteiger partial charge is 0.265 e. The quantitative estimate of drug-likeness (QED) is 0.536. The molecule has 0 saturated heterocycles.